The molecule has 0 fully saturated rings. The third kappa shape index (κ3) is 2.21. The van der Waals surface area contributed by atoms with E-state index in [1.807, 2.05) is 18.5 Å². The molecule has 5 heteroatoms. The molecule has 0 radical (unpaired) electrons. The van der Waals surface area contributed by atoms with Gasteiger partial charge in [-0.25, -0.2) is 9.65 Å². The van der Waals surface area contributed by atoms with Gasteiger partial charge in [0.05, 0.1) is 0 Å². The van der Waals surface area contributed by atoms with Crippen molar-refractivity contribution in [1.82, 2.24) is 14.2 Å². The van der Waals surface area contributed by atoms with Crippen LogP contribution in [-0.4, -0.2) is 34.0 Å². The molecule has 0 saturated heterocycles. The minimum atomic E-state index is -2.55. The molecule has 0 spiro atoms. The third-order valence-corrected chi connectivity index (χ3v) is 5.22. The van der Waals surface area contributed by atoms with Crippen LogP contribution in [0.2, 0.25) is 0 Å². The lowest BCUT2D eigenvalue weighted by molar-refractivity contribution is 0.453. The van der Waals surface area contributed by atoms with Crippen molar-refractivity contribution in [2.24, 2.45) is 0 Å². The van der Waals surface area contributed by atoms with E-state index in [0.29, 0.717) is 5.57 Å². The Morgan fingerprint density at radius 2 is 2.20 bits per heavy atom. The van der Waals surface area contributed by atoms with Gasteiger partial charge < -0.3 is 4.57 Å². The fourth-order valence-electron chi connectivity index (χ4n) is 1.66. The van der Waals surface area contributed by atoms with Crippen LogP contribution >= 0.6 is 7.29 Å². The van der Waals surface area contributed by atoms with E-state index < -0.39 is 7.29 Å². The Kier molecular flexibility index (Phi) is 3.89. The summed E-state index contributed by atoms with van der Waals surface area (Å²) < 4.78 is 16.3. The van der Waals surface area contributed by atoms with E-state index >= 15 is 0 Å². The minimum absolute atomic E-state index is 0.598. The molecule has 0 saturated carbocycles. The number of hydrogen-bond acceptors (Lipinski definition) is 2. The molecule has 0 aliphatic carbocycles. The molecule has 0 aromatic carbocycles. The zero-order chi connectivity index (χ0) is 11.5. The summed E-state index contributed by atoms with van der Waals surface area (Å²) in [5.74, 6) is 0. The first-order chi connectivity index (χ1) is 7.07. The molecule has 1 atom stereocenters. The number of nitrogens with zero attached hydrogens (tertiary/aromatic N) is 3. The average Bonchev–Trinajstić information content (AvgIpc) is 2.67. The molecule has 0 N–H and O–H groups in total. The highest BCUT2D eigenvalue weighted by Crippen LogP contribution is 2.43. The lowest BCUT2D eigenvalue weighted by Gasteiger charge is -2.25. The van der Waals surface area contributed by atoms with Crippen molar-refractivity contribution in [2.45, 2.75) is 13.8 Å². The van der Waals surface area contributed by atoms with Gasteiger partial charge in [0.2, 0.25) is 7.29 Å². The van der Waals surface area contributed by atoms with Gasteiger partial charge in [-0.2, -0.15) is 0 Å². The van der Waals surface area contributed by atoms with Crippen LogP contribution in [0.3, 0.4) is 0 Å². The molecule has 0 amide bonds. The van der Waals surface area contributed by atoms with E-state index in [0.717, 1.165) is 13.1 Å². The van der Waals surface area contributed by atoms with Crippen LogP contribution in [0.5, 0.6) is 0 Å². The molecule has 0 aliphatic heterocycles. The first-order valence-corrected chi connectivity index (χ1v) is 7.17. The fourth-order valence-corrected chi connectivity index (χ4v) is 3.85. The monoisotopic (exact) mass is 227 g/mol. The SMILES string of the molecule is C=Cn1ccnc1P(C)(=O)N(CC)CC. The van der Waals surface area contributed by atoms with Crippen molar-refractivity contribution in [3.05, 3.63) is 19.0 Å². The van der Waals surface area contributed by atoms with Crippen LogP contribution in [-0.2, 0) is 4.57 Å². The molecule has 84 valence electrons. The lowest BCUT2D eigenvalue weighted by atomic mass is 10.7. The highest BCUT2D eigenvalue weighted by Gasteiger charge is 2.28. The van der Waals surface area contributed by atoms with E-state index in [1.165, 1.54) is 0 Å². The van der Waals surface area contributed by atoms with Gasteiger partial charge in [-0.15, -0.1) is 0 Å². The van der Waals surface area contributed by atoms with Crippen LogP contribution in [0.1, 0.15) is 13.8 Å². The fraction of sp³-hybridized carbons (Fsp3) is 0.500. The van der Waals surface area contributed by atoms with E-state index in [4.69, 9.17) is 0 Å². The second-order valence-electron chi connectivity index (χ2n) is 3.34. The molecule has 15 heavy (non-hydrogen) atoms. The van der Waals surface area contributed by atoms with Crippen molar-refractivity contribution in [2.75, 3.05) is 19.8 Å². The van der Waals surface area contributed by atoms with Crippen molar-refractivity contribution in [1.29, 1.82) is 0 Å². The Morgan fingerprint density at radius 3 is 2.67 bits per heavy atom. The van der Waals surface area contributed by atoms with Crippen molar-refractivity contribution < 1.29 is 4.57 Å². The molecule has 4 nitrogen and oxygen atoms in total. The Hall–Kier alpha value is -0.860. The predicted molar refractivity (Wildman–Crippen MR) is 64.7 cm³/mol. The minimum Gasteiger partial charge on any atom is -0.304 e. The zero-order valence-electron chi connectivity index (χ0n) is 9.55. The number of aromatic nitrogens is 2. The maximum Gasteiger partial charge on any atom is 0.210 e. The summed E-state index contributed by atoms with van der Waals surface area (Å²) in [7, 11) is -2.55. The Morgan fingerprint density at radius 1 is 1.60 bits per heavy atom. The first-order valence-electron chi connectivity index (χ1n) is 5.06. The molecule has 1 unspecified atom stereocenters. The Bertz CT molecular complexity index is 382. The van der Waals surface area contributed by atoms with E-state index in [-0.39, 0.29) is 0 Å². The van der Waals surface area contributed by atoms with E-state index in [2.05, 4.69) is 11.6 Å². The summed E-state index contributed by atoms with van der Waals surface area (Å²) in [6.07, 6.45) is 5.04. The van der Waals surface area contributed by atoms with Gasteiger partial charge >= 0.3 is 0 Å². The highest BCUT2D eigenvalue weighted by molar-refractivity contribution is 7.68. The molecular weight excluding hydrogens is 209 g/mol. The smallest absolute Gasteiger partial charge is 0.210 e. The van der Waals surface area contributed by atoms with Crippen LogP contribution in [0, 0.1) is 0 Å². The van der Waals surface area contributed by atoms with Gasteiger partial charge in [0.25, 0.3) is 0 Å². The number of hydrogen-bond donors (Lipinski definition) is 0. The highest BCUT2D eigenvalue weighted by atomic mass is 31.2. The van der Waals surface area contributed by atoms with Gasteiger partial charge in [0, 0.05) is 38.3 Å². The Balaban J connectivity index is 3.15. The summed E-state index contributed by atoms with van der Waals surface area (Å²) in [5, 5.41) is 0. The maximum atomic E-state index is 12.6. The average molecular weight is 227 g/mol. The standard InChI is InChI=1S/C10H18N3OP/c1-5-12-9-8-11-10(12)15(4,14)13(6-2)7-3/h5,8-9H,1,6-7H2,2-4H3. The summed E-state index contributed by atoms with van der Waals surface area (Å²) in [4.78, 5) is 4.16. The van der Waals surface area contributed by atoms with Crippen LogP contribution < -0.4 is 5.57 Å². The topological polar surface area (TPSA) is 38.1 Å². The second kappa shape index (κ2) is 4.77. The summed E-state index contributed by atoms with van der Waals surface area (Å²) in [6, 6.07) is 0. The van der Waals surface area contributed by atoms with Gasteiger partial charge in [0.15, 0.2) is 5.57 Å². The van der Waals surface area contributed by atoms with Gasteiger partial charge in [0.1, 0.15) is 0 Å². The summed E-state index contributed by atoms with van der Waals surface area (Å²) in [5.41, 5.74) is 0.598. The number of rotatable bonds is 5. The van der Waals surface area contributed by atoms with E-state index in [9.17, 15) is 4.57 Å². The number of imidazole rings is 1. The van der Waals surface area contributed by atoms with Gasteiger partial charge in [-0.3, -0.25) is 4.57 Å². The van der Waals surface area contributed by atoms with Crippen LogP contribution in [0.25, 0.3) is 6.20 Å². The predicted octanol–water partition coefficient (Wildman–Crippen LogP) is 1.86. The molecular formula is C10H18N3OP. The first kappa shape index (κ1) is 12.2. The molecule has 0 aliphatic rings. The van der Waals surface area contributed by atoms with Crippen molar-refractivity contribution in [3.63, 3.8) is 0 Å². The van der Waals surface area contributed by atoms with Crippen LogP contribution in [0.15, 0.2) is 19.0 Å². The summed E-state index contributed by atoms with van der Waals surface area (Å²) in [6.45, 7) is 10.9. The largest absolute Gasteiger partial charge is 0.304 e. The van der Waals surface area contributed by atoms with E-state index in [1.54, 1.807) is 29.8 Å². The van der Waals surface area contributed by atoms with Gasteiger partial charge in [-0.1, -0.05) is 20.4 Å². The third-order valence-electron chi connectivity index (χ3n) is 2.49. The Labute approximate surface area is 91.0 Å². The zero-order valence-corrected chi connectivity index (χ0v) is 10.4. The normalized spacial score (nSPS) is 15.2. The second-order valence-corrected chi connectivity index (χ2v) is 6.06. The molecule has 1 rings (SSSR count). The van der Waals surface area contributed by atoms with Crippen LogP contribution in [0.4, 0.5) is 0 Å². The molecule has 1 heterocycles. The molecule has 1 aromatic rings. The lowest BCUT2D eigenvalue weighted by Crippen LogP contribution is -2.29. The van der Waals surface area contributed by atoms with Gasteiger partial charge in [-0.05, 0) is 0 Å². The molecule has 1 aromatic heterocycles. The maximum absolute atomic E-state index is 12.6. The van der Waals surface area contributed by atoms with Crippen molar-refractivity contribution in [3.8, 4) is 0 Å². The molecule has 0 bridgehead atoms. The summed E-state index contributed by atoms with van der Waals surface area (Å²) >= 11 is 0. The van der Waals surface area contributed by atoms with Crippen molar-refractivity contribution >= 4 is 19.1 Å². The quantitative estimate of drug-likeness (QED) is 0.720.